The minimum absolute atomic E-state index is 0.840. The number of ether oxygens (including phenoxy) is 21. The van der Waals surface area contributed by atoms with E-state index in [0.29, 0.717) is 0 Å². The van der Waals surface area contributed by atoms with Gasteiger partial charge in [0.1, 0.15) is 256 Å². The van der Waals surface area contributed by atoms with Gasteiger partial charge in [0, 0.05) is 41.0 Å². The van der Waals surface area contributed by atoms with Crippen LogP contribution >= 0.6 is 0 Å². The lowest BCUT2D eigenvalue weighted by molar-refractivity contribution is -0.401. The van der Waals surface area contributed by atoms with Crippen LogP contribution in [0, 0.1) is 0 Å². The van der Waals surface area contributed by atoms with Gasteiger partial charge in [-0.05, 0) is 6.92 Å². The molecule has 11 rings (SSSR count). The van der Waals surface area contributed by atoms with Crippen molar-refractivity contribution in [3.63, 3.8) is 0 Å². The van der Waals surface area contributed by atoms with Crippen molar-refractivity contribution in [3.8, 4) is 0 Å². The van der Waals surface area contributed by atoms with Crippen molar-refractivity contribution in [1.29, 1.82) is 0 Å². The summed E-state index contributed by atoms with van der Waals surface area (Å²) in [5.41, 5.74) is 0. The molecule has 0 saturated carbocycles. The standard InChI is InChI=1S/C79H131N5O58/c1-18-40(100)51(111)55(115)72(124-18)122-17-34-62(47(107)36(68(119)125-34)81-20(3)94)134-69-37(82-21(4)95)48(108)60(31(14-91)130-69)136-74-57(117)64(46(106)33(133-74)16-123-76-66(53(113)43(103)27(10-87)128-76)139-70-38(83-22(5)96)49(109)59(30(13-90)131-70)135-73-56(116)52(112)42(102)26(9-86)126-73)138-77-67(54(114)44(104)28(11-88)129-77)140-71-39(84-23(6)97)50(110)61(32(15-92)132-71)137-75-58(118)65(45(105)29(12-89)127-75)142-79(78(120)121)7-24(98)35(80-19(2)93)63(141-79)41(101)25(99)8-85/h18,24-77,85-92,98-119H,7-17H2,1-6H3,(H,80,93)(H,81,94)(H,82,95)(H,83,96)(H,84,97)(H,120,121)/t18-,24-,25+,26+,27+,28+,29+,30+,31+,32+,33+,34+,35+,36+,37+,38+,39-,40+,41-,42-,43+,44+,45-,46+,47+,48+,49+,50+,51+,52-,53-,54-,55-,56+,57-,58+,59+,60+,61+,62+,63+,64-,65-,66-,67-,68+,69-,70-,71-,72+,73-,74-,75-,76-,77+,79-/m0/s1. The molecule has 11 heterocycles. The van der Waals surface area contributed by atoms with Gasteiger partial charge in [-0.3, -0.25) is 24.0 Å². The molecule has 11 aliphatic heterocycles. The third kappa shape index (κ3) is 25.8. The van der Waals surface area contributed by atoms with E-state index in [2.05, 4.69) is 26.6 Å². The van der Waals surface area contributed by atoms with Crippen molar-refractivity contribution in [1.82, 2.24) is 26.6 Å². The van der Waals surface area contributed by atoms with E-state index in [1.165, 1.54) is 6.92 Å². The first-order valence-corrected chi connectivity index (χ1v) is 45.1. The molecule has 0 bridgehead atoms. The molecule has 11 fully saturated rings. The van der Waals surface area contributed by atoms with E-state index in [1.807, 2.05) is 0 Å². The first-order valence-electron chi connectivity index (χ1n) is 45.1. The van der Waals surface area contributed by atoms with Gasteiger partial charge in [0.2, 0.25) is 29.5 Å². The van der Waals surface area contributed by atoms with Crippen LogP contribution in [-0.2, 0) is 128 Å². The summed E-state index contributed by atoms with van der Waals surface area (Å²) in [5.74, 6) is -10.4. The highest BCUT2D eigenvalue weighted by molar-refractivity contribution is 5.77. The van der Waals surface area contributed by atoms with Crippen LogP contribution in [0.15, 0.2) is 0 Å². The number of aliphatic hydroxyl groups is 30. The van der Waals surface area contributed by atoms with Gasteiger partial charge < -0.3 is 284 Å². The monoisotopic (exact) mass is 2080 g/mol. The largest absolute Gasteiger partial charge is 0.477 e. The van der Waals surface area contributed by atoms with Gasteiger partial charge in [-0.1, -0.05) is 0 Å². The minimum atomic E-state index is -3.35. The molecule has 56 atom stereocenters. The van der Waals surface area contributed by atoms with Crippen molar-refractivity contribution < 1.29 is 287 Å². The van der Waals surface area contributed by atoms with Crippen molar-refractivity contribution >= 4 is 35.5 Å². The lowest BCUT2D eigenvalue weighted by Crippen LogP contribution is -2.71. The van der Waals surface area contributed by atoms with E-state index in [0.717, 1.165) is 34.6 Å². The molecule has 63 heteroatoms. The predicted molar refractivity (Wildman–Crippen MR) is 436 cm³/mol. The molecule has 0 spiro atoms. The Morgan fingerprint density at radius 2 is 0.620 bits per heavy atom. The normalized spacial score (nSPS) is 48.0. The quantitative estimate of drug-likeness (QED) is 0.0273. The number of rotatable bonds is 38. The number of hydrogen-bond donors (Lipinski definition) is 36. The molecule has 0 aromatic rings. The zero-order valence-corrected chi connectivity index (χ0v) is 76.4. The zero-order chi connectivity index (χ0) is 105. The van der Waals surface area contributed by atoms with Crippen LogP contribution < -0.4 is 26.6 Å². The summed E-state index contributed by atoms with van der Waals surface area (Å²) in [4.78, 5) is 77.9. The fourth-order valence-electron chi connectivity index (χ4n) is 18.4. The Labute approximate surface area is 803 Å². The van der Waals surface area contributed by atoms with Crippen molar-refractivity contribution in [2.75, 3.05) is 66.1 Å². The van der Waals surface area contributed by atoms with Gasteiger partial charge in [0.25, 0.3) is 5.79 Å². The second kappa shape index (κ2) is 50.6. The van der Waals surface area contributed by atoms with Crippen molar-refractivity contribution in [2.24, 2.45) is 0 Å². The second-order valence-corrected chi connectivity index (χ2v) is 36.0. The number of hydrogen-bond acceptors (Lipinski definition) is 57. The number of carboxylic acids is 1. The number of carbonyl (C=O) groups excluding carboxylic acids is 5. The predicted octanol–water partition coefficient (Wildman–Crippen LogP) is -24.0. The molecule has 5 amide bonds. The number of amides is 5. The van der Waals surface area contributed by atoms with Crippen LogP contribution in [-0.4, -0.2) is 603 Å². The smallest absolute Gasteiger partial charge is 0.364 e. The lowest BCUT2D eigenvalue weighted by Gasteiger charge is -2.51. The molecule has 0 radical (unpaired) electrons. The van der Waals surface area contributed by atoms with E-state index in [1.54, 1.807) is 0 Å². The van der Waals surface area contributed by atoms with Gasteiger partial charge in [-0.25, -0.2) is 4.79 Å². The Morgan fingerprint density at radius 1 is 0.303 bits per heavy atom. The first kappa shape index (κ1) is 117. The molecular formula is C79H131N5O58. The van der Waals surface area contributed by atoms with E-state index < -0.39 is 451 Å². The maximum absolute atomic E-state index is 13.4. The first-order chi connectivity index (χ1) is 67.0. The van der Waals surface area contributed by atoms with Crippen LogP contribution in [0.4, 0.5) is 0 Å². The van der Waals surface area contributed by atoms with Crippen LogP contribution in [0.1, 0.15) is 48.0 Å². The molecule has 820 valence electrons. The highest BCUT2D eigenvalue weighted by Crippen LogP contribution is 2.44. The minimum Gasteiger partial charge on any atom is -0.477 e. The fraction of sp³-hybridized carbons (Fsp3) is 0.924. The molecule has 11 aliphatic rings. The van der Waals surface area contributed by atoms with Gasteiger partial charge in [0.15, 0.2) is 62.9 Å². The zero-order valence-electron chi connectivity index (χ0n) is 76.4. The summed E-state index contributed by atoms with van der Waals surface area (Å²) in [6, 6.07) is -9.82. The third-order valence-electron chi connectivity index (χ3n) is 25.9. The molecular weight excluding hydrogens is 1950 g/mol. The van der Waals surface area contributed by atoms with E-state index in [4.69, 9.17) is 99.5 Å². The SMILES string of the molecule is CC(=O)N[C@@H]1[C@H](O[C@@H]2[C@@H](O[C@@H]3[C@H](O)[C@H](O[C@H]4[C@H](O)[C@@H](NC(C)=O)[C@H](O[C@H]5[C@H](O)[C@@H](NC(C)=O)[C@H](O)O[C@@H]5CO[C@@H]5O[C@@H](C)[C@@H](O)[C@@H](O)[C@@H]5O)O[C@@H]4CO)O[C@H](CO[C@H]4O[C@H](CO)[C@@H](O)[C@H](O)[C@@H]4O[C@@H]4O[C@H](CO)[C@@H](O[C@@H]5O[C@H](CO)[C@H](O)[C@H](O)[C@H]5O)[C@H](O)[C@H]4NC(C)=O)[C@H]3O)O[C@H](CO)[C@@H](O)[C@@H]2O)O[C@H](CO)[C@@H](O[C@@H]2O[C@H](CO)[C@H](O)[C@H](O[C@]3(C(=O)O)C[C@H](O)[C@@H](NC(C)=O)[C@H]([C@@H](O)[C@H](O)CO)O3)[C@H]2O)[C@@H]1O. The molecule has 11 saturated heterocycles. The van der Waals surface area contributed by atoms with Crippen LogP contribution in [0.2, 0.25) is 0 Å². The third-order valence-corrected chi connectivity index (χ3v) is 25.9. The topological polar surface area (TPSA) is 984 Å². The number of carbonyl (C=O) groups is 6. The number of carboxylic acid groups (broad SMARTS) is 1. The average molecular weight is 2080 g/mol. The average Bonchev–Trinajstić information content (AvgIpc) is 0.572. The Balaban J connectivity index is 0.920. The Bertz CT molecular complexity index is 4010. The number of aliphatic carboxylic acids is 1. The summed E-state index contributed by atoms with van der Waals surface area (Å²) >= 11 is 0. The van der Waals surface area contributed by atoms with Gasteiger partial charge in [-0.2, -0.15) is 0 Å². The van der Waals surface area contributed by atoms with E-state index >= 15 is 0 Å². The molecule has 0 aromatic carbocycles. The molecule has 0 aliphatic carbocycles. The lowest BCUT2D eigenvalue weighted by atomic mass is 9.88. The molecule has 63 nitrogen and oxygen atoms in total. The maximum Gasteiger partial charge on any atom is 0.364 e. The van der Waals surface area contributed by atoms with Crippen molar-refractivity contribution in [2.45, 2.75) is 391 Å². The Kier molecular flexibility index (Phi) is 41.7. The molecule has 142 heavy (non-hydrogen) atoms. The summed E-state index contributed by atoms with van der Waals surface area (Å²) < 4.78 is 125. The van der Waals surface area contributed by atoms with Gasteiger partial charge >= 0.3 is 5.97 Å². The van der Waals surface area contributed by atoms with E-state index in [9.17, 15) is 187 Å². The van der Waals surface area contributed by atoms with Crippen LogP contribution in [0.3, 0.4) is 0 Å². The maximum atomic E-state index is 13.4. The highest BCUT2D eigenvalue weighted by Gasteiger charge is 2.65. The summed E-state index contributed by atoms with van der Waals surface area (Å²) in [7, 11) is 0. The van der Waals surface area contributed by atoms with Gasteiger partial charge in [0.05, 0.1) is 84.3 Å². The van der Waals surface area contributed by atoms with Crippen molar-refractivity contribution in [3.05, 3.63) is 0 Å². The molecule has 0 unspecified atom stereocenters. The molecule has 0 aromatic heterocycles. The summed E-state index contributed by atoms with van der Waals surface area (Å²) in [6.07, 6.45) is -111. The van der Waals surface area contributed by atoms with Crippen LogP contribution in [0.25, 0.3) is 0 Å². The highest BCUT2D eigenvalue weighted by atomic mass is 16.8. The second-order valence-electron chi connectivity index (χ2n) is 36.0. The summed E-state index contributed by atoms with van der Waals surface area (Å²) in [6.45, 7) is -6.14. The fourth-order valence-corrected chi connectivity index (χ4v) is 18.4. The van der Waals surface area contributed by atoms with Crippen LogP contribution in [0.5, 0.6) is 0 Å². The summed E-state index contributed by atoms with van der Waals surface area (Å²) in [5, 5.41) is 361. The number of aliphatic hydroxyl groups excluding tert-OH is 30. The van der Waals surface area contributed by atoms with E-state index in [-0.39, 0.29) is 0 Å². The Hall–Kier alpha value is -5.22. The molecule has 36 N–H and O–H groups in total. The Morgan fingerprint density at radius 3 is 1.06 bits per heavy atom. The van der Waals surface area contributed by atoms with Gasteiger partial charge in [-0.15, -0.1) is 0 Å². The number of nitrogens with one attached hydrogen (secondary N) is 5.